The van der Waals surface area contributed by atoms with Gasteiger partial charge in [-0.25, -0.2) is 0 Å². The SMILES string of the molecule is CC1CCCN(S(=O)(=O)NCc2ccccc2)C1. The Morgan fingerprint density at radius 1 is 1.33 bits per heavy atom. The second-order valence-corrected chi connectivity index (χ2v) is 6.67. The fourth-order valence-electron chi connectivity index (χ4n) is 2.23. The van der Waals surface area contributed by atoms with Gasteiger partial charge >= 0.3 is 0 Å². The molecule has 1 fully saturated rings. The van der Waals surface area contributed by atoms with E-state index >= 15 is 0 Å². The van der Waals surface area contributed by atoms with Crippen LogP contribution in [0.15, 0.2) is 30.3 Å². The molecule has 100 valence electrons. The minimum absolute atomic E-state index is 0.355. The molecule has 1 aromatic rings. The predicted molar refractivity (Wildman–Crippen MR) is 72.2 cm³/mol. The molecule has 0 amide bonds. The summed E-state index contributed by atoms with van der Waals surface area (Å²) in [6, 6.07) is 9.58. The van der Waals surface area contributed by atoms with Crippen molar-refractivity contribution in [2.45, 2.75) is 26.3 Å². The number of hydrogen-bond acceptors (Lipinski definition) is 2. The summed E-state index contributed by atoms with van der Waals surface area (Å²) >= 11 is 0. The van der Waals surface area contributed by atoms with Crippen LogP contribution < -0.4 is 4.72 Å². The molecule has 2 rings (SSSR count). The average molecular weight is 268 g/mol. The van der Waals surface area contributed by atoms with Crippen molar-refractivity contribution in [1.82, 2.24) is 9.03 Å². The van der Waals surface area contributed by atoms with E-state index in [1.807, 2.05) is 30.3 Å². The Balaban J connectivity index is 1.95. The zero-order valence-electron chi connectivity index (χ0n) is 10.7. The van der Waals surface area contributed by atoms with Gasteiger partial charge in [0.15, 0.2) is 0 Å². The Labute approximate surface area is 109 Å². The molecular weight excluding hydrogens is 248 g/mol. The molecule has 1 unspecified atom stereocenters. The van der Waals surface area contributed by atoms with Crippen LogP contribution in [-0.4, -0.2) is 25.8 Å². The van der Waals surface area contributed by atoms with Crippen LogP contribution in [0.5, 0.6) is 0 Å². The second kappa shape index (κ2) is 5.82. The van der Waals surface area contributed by atoms with Crippen molar-refractivity contribution in [3.8, 4) is 0 Å². The molecule has 5 heteroatoms. The zero-order valence-corrected chi connectivity index (χ0v) is 11.5. The van der Waals surface area contributed by atoms with Gasteiger partial charge in [0.25, 0.3) is 10.2 Å². The Morgan fingerprint density at radius 3 is 2.72 bits per heavy atom. The summed E-state index contributed by atoms with van der Waals surface area (Å²) in [5, 5.41) is 0. The quantitative estimate of drug-likeness (QED) is 0.904. The van der Waals surface area contributed by atoms with Gasteiger partial charge in [0.2, 0.25) is 0 Å². The molecule has 1 aromatic carbocycles. The average Bonchev–Trinajstić information content (AvgIpc) is 2.38. The summed E-state index contributed by atoms with van der Waals surface area (Å²) in [5.41, 5.74) is 0.978. The van der Waals surface area contributed by atoms with E-state index in [0.717, 1.165) is 18.4 Å². The standard InChI is InChI=1S/C13H20N2O2S/c1-12-6-5-9-15(11-12)18(16,17)14-10-13-7-3-2-4-8-13/h2-4,7-8,12,14H,5-6,9-11H2,1H3. The van der Waals surface area contributed by atoms with E-state index in [1.54, 1.807) is 4.31 Å². The molecule has 0 saturated carbocycles. The van der Waals surface area contributed by atoms with E-state index in [0.29, 0.717) is 25.6 Å². The number of nitrogens with one attached hydrogen (secondary N) is 1. The van der Waals surface area contributed by atoms with Crippen LogP contribution in [0.1, 0.15) is 25.3 Å². The first-order valence-corrected chi connectivity index (χ1v) is 7.80. The smallest absolute Gasteiger partial charge is 0.198 e. The fourth-order valence-corrected chi connectivity index (χ4v) is 3.58. The molecule has 1 N–H and O–H groups in total. The van der Waals surface area contributed by atoms with E-state index in [9.17, 15) is 8.42 Å². The molecule has 0 radical (unpaired) electrons. The third-order valence-electron chi connectivity index (χ3n) is 3.26. The molecule has 1 atom stereocenters. The van der Waals surface area contributed by atoms with Crippen molar-refractivity contribution in [2.75, 3.05) is 13.1 Å². The van der Waals surface area contributed by atoms with Crippen LogP contribution in [0.3, 0.4) is 0 Å². The van der Waals surface area contributed by atoms with E-state index in [4.69, 9.17) is 0 Å². The Bertz CT molecular complexity index is 473. The molecule has 4 nitrogen and oxygen atoms in total. The number of rotatable bonds is 4. The first kappa shape index (κ1) is 13.5. The van der Waals surface area contributed by atoms with Crippen LogP contribution in [-0.2, 0) is 16.8 Å². The summed E-state index contributed by atoms with van der Waals surface area (Å²) in [6.07, 6.45) is 2.07. The van der Waals surface area contributed by atoms with Crippen molar-refractivity contribution in [3.05, 3.63) is 35.9 Å². The zero-order chi connectivity index (χ0) is 13.0. The molecule has 0 spiro atoms. The fraction of sp³-hybridized carbons (Fsp3) is 0.538. The first-order chi connectivity index (χ1) is 8.58. The molecule has 0 aromatic heterocycles. The van der Waals surface area contributed by atoms with Gasteiger partial charge in [0.1, 0.15) is 0 Å². The van der Waals surface area contributed by atoms with Crippen molar-refractivity contribution in [1.29, 1.82) is 0 Å². The number of benzene rings is 1. The van der Waals surface area contributed by atoms with E-state index in [1.165, 1.54) is 0 Å². The summed E-state index contributed by atoms with van der Waals surface area (Å²) in [6.45, 7) is 3.71. The number of nitrogens with zero attached hydrogens (tertiary/aromatic N) is 1. The van der Waals surface area contributed by atoms with Crippen LogP contribution in [0.25, 0.3) is 0 Å². The van der Waals surface area contributed by atoms with Crippen LogP contribution in [0.2, 0.25) is 0 Å². The molecule has 1 aliphatic rings. The highest BCUT2D eigenvalue weighted by molar-refractivity contribution is 7.87. The molecule has 1 saturated heterocycles. The van der Waals surface area contributed by atoms with Crippen LogP contribution in [0, 0.1) is 5.92 Å². The first-order valence-electron chi connectivity index (χ1n) is 6.36. The highest BCUT2D eigenvalue weighted by Crippen LogP contribution is 2.17. The van der Waals surface area contributed by atoms with Crippen LogP contribution in [0.4, 0.5) is 0 Å². The molecule has 1 heterocycles. The highest BCUT2D eigenvalue weighted by atomic mass is 32.2. The van der Waals surface area contributed by atoms with Crippen molar-refractivity contribution < 1.29 is 8.42 Å². The topological polar surface area (TPSA) is 49.4 Å². The summed E-state index contributed by atoms with van der Waals surface area (Å²) in [4.78, 5) is 0. The van der Waals surface area contributed by atoms with Gasteiger partial charge in [-0.3, -0.25) is 0 Å². The Kier molecular flexibility index (Phi) is 4.37. The van der Waals surface area contributed by atoms with E-state index < -0.39 is 10.2 Å². The predicted octanol–water partition coefficient (Wildman–Crippen LogP) is 1.75. The Morgan fingerprint density at radius 2 is 2.06 bits per heavy atom. The maximum atomic E-state index is 12.1. The van der Waals surface area contributed by atoms with Gasteiger partial charge in [0, 0.05) is 19.6 Å². The minimum Gasteiger partial charge on any atom is -0.198 e. The molecule has 1 aliphatic heterocycles. The molecular formula is C13H20N2O2S. The lowest BCUT2D eigenvalue weighted by molar-refractivity contribution is 0.278. The lowest BCUT2D eigenvalue weighted by Gasteiger charge is -2.29. The van der Waals surface area contributed by atoms with Gasteiger partial charge in [0.05, 0.1) is 0 Å². The molecule has 0 bridgehead atoms. The van der Waals surface area contributed by atoms with Crippen molar-refractivity contribution in [2.24, 2.45) is 5.92 Å². The van der Waals surface area contributed by atoms with Gasteiger partial charge in [-0.2, -0.15) is 17.4 Å². The van der Waals surface area contributed by atoms with Gasteiger partial charge in [-0.05, 0) is 24.3 Å². The third kappa shape index (κ3) is 3.54. The Hall–Kier alpha value is -0.910. The molecule has 0 aliphatic carbocycles. The summed E-state index contributed by atoms with van der Waals surface area (Å²) in [5.74, 6) is 0.451. The lowest BCUT2D eigenvalue weighted by Crippen LogP contribution is -2.45. The summed E-state index contributed by atoms with van der Waals surface area (Å²) in [7, 11) is -3.33. The van der Waals surface area contributed by atoms with Crippen LogP contribution >= 0.6 is 0 Å². The van der Waals surface area contributed by atoms with Crippen molar-refractivity contribution >= 4 is 10.2 Å². The highest BCUT2D eigenvalue weighted by Gasteiger charge is 2.26. The third-order valence-corrected chi connectivity index (χ3v) is 4.78. The number of hydrogen-bond donors (Lipinski definition) is 1. The van der Waals surface area contributed by atoms with Crippen molar-refractivity contribution in [3.63, 3.8) is 0 Å². The van der Waals surface area contributed by atoms with E-state index in [-0.39, 0.29) is 0 Å². The number of piperidine rings is 1. The van der Waals surface area contributed by atoms with Gasteiger partial charge < -0.3 is 0 Å². The maximum absolute atomic E-state index is 12.1. The van der Waals surface area contributed by atoms with E-state index in [2.05, 4.69) is 11.6 Å². The minimum atomic E-state index is -3.33. The largest absolute Gasteiger partial charge is 0.279 e. The van der Waals surface area contributed by atoms with Gasteiger partial charge in [-0.15, -0.1) is 0 Å². The lowest BCUT2D eigenvalue weighted by atomic mass is 10.0. The maximum Gasteiger partial charge on any atom is 0.279 e. The monoisotopic (exact) mass is 268 g/mol. The van der Waals surface area contributed by atoms with Gasteiger partial charge in [-0.1, -0.05) is 37.3 Å². The summed E-state index contributed by atoms with van der Waals surface area (Å²) < 4.78 is 28.5. The molecule has 18 heavy (non-hydrogen) atoms. The second-order valence-electron chi connectivity index (χ2n) is 4.92. The normalized spacial score (nSPS) is 21.9.